The summed E-state index contributed by atoms with van der Waals surface area (Å²) >= 11 is 1.47. The maximum atomic E-state index is 5.49. The van der Waals surface area contributed by atoms with Crippen LogP contribution >= 0.6 is 11.8 Å². The van der Waals surface area contributed by atoms with Gasteiger partial charge in [-0.3, -0.25) is 11.1 Å². The van der Waals surface area contributed by atoms with Crippen LogP contribution in [0.15, 0.2) is 54.6 Å². The fourth-order valence-corrected chi connectivity index (χ4v) is 2.28. The summed E-state index contributed by atoms with van der Waals surface area (Å²) in [5.74, 6) is 0.799. The van der Waals surface area contributed by atoms with Crippen molar-refractivity contribution in [2.45, 2.75) is 5.75 Å². The molecule has 0 saturated heterocycles. The molecule has 3 heteroatoms. The zero-order valence-electron chi connectivity index (χ0n) is 9.47. The molecule has 0 heterocycles. The van der Waals surface area contributed by atoms with Gasteiger partial charge in [0.1, 0.15) is 0 Å². The zero-order valence-corrected chi connectivity index (χ0v) is 10.3. The maximum Gasteiger partial charge on any atom is 0.300 e. The molecule has 0 saturated carbocycles. The quantitative estimate of drug-likeness (QED) is 0.636. The molecule has 2 aromatic carbocycles. The molecule has 0 atom stereocenters. The monoisotopic (exact) mass is 243 g/mol. The van der Waals surface area contributed by atoms with Crippen molar-refractivity contribution in [2.24, 2.45) is 5.73 Å². The van der Waals surface area contributed by atoms with Crippen molar-refractivity contribution in [2.75, 3.05) is 0 Å². The lowest BCUT2D eigenvalue weighted by Crippen LogP contribution is -2.43. The van der Waals surface area contributed by atoms with E-state index < -0.39 is 0 Å². The summed E-state index contributed by atoms with van der Waals surface area (Å²) in [4.78, 5) is 0. The average molecular weight is 243 g/mol. The van der Waals surface area contributed by atoms with Gasteiger partial charge >= 0.3 is 0 Å². The van der Waals surface area contributed by atoms with Gasteiger partial charge in [0.2, 0.25) is 0 Å². The molecule has 0 aliphatic rings. The van der Waals surface area contributed by atoms with E-state index in [9.17, 15) is 0 Å². The van der Waals surface area contributed by atoms with E-state index in [1.165, 1.54) is 28.5 Å². The Morgan fingerprint density at radius 1 is 1.00 bits per heavy atom. The number of hydrogen-bond donors (Lipinski definition) is 2. The van der Waals surface area contributed by atoms with Crippen LogP contribution in [0.4, 0.5) is 0 Å². The van der Waals surface area contributed by atoms with Crippen LogP contribution in [0.5, 0.6) is 0 Å². The van der Waals surface area contributed by atoms with Crippen molar-refractivity contribution < 1.29 is 5.41 Å². The SMILES string of the molecule is NC(=[NH2+])SCc1ccccc1-c1ccccc1. The van der Waals surface area contributed by atoms with E-state index in [1.807, 2.05) is 30.3 Å². The Labute approximate surface area is 105 Å². The number of amidine groups is 1. The lowest BCUT2D eigenvalue weighted by molar-refractivity contribution is -0.110. The second-order valence-corrected chi connectivity index (χ2v) is 4.76. The highest BCUT2D eigenvalue weighted by atomic mass is 32.2. The summed E-state index contributed by atoms with van der Waals surface area (Å²) in [6, 6.07) is 18.6. The summed E-state index contributed by atoms with van der Waals surface area (Å²) in [5, 5.41) is 5.90. The van der Waals surface area contributed by atoms with Crippen LogP contribution in [0, 0.1) is 0 Å². The van der Waals surface area contributed by atoms with E-state index in [1.54, 1.807) is 0 Å². The normalized spacial score (nSPS) is 10.1. The van der Waals surface area contributed by atoms with E-state index in [4.69, 9.17) is 11.1 Å². The molecule has 0 aliphatic heterocycles. The van der Waals surface area contributed by atoms with Crippen molar-refractivity contribution in [3.8, 4) is 11.1 Å². The smallest absolute Gasteiger partial charge is 0.282 e. The number of rotatable bonds is 3. The zero-order chi connectivity index (χ0) is 12.1. The summed E-state index contributed by atoms with van der Waals surface area (Å²) in [7, 11) is 0. The summed E-state index contributed by atoms with van der Waals surface area (Å²) in [6.45, 7) is 0. The minimum absolute atomic E-state index is 0.410. The van der Waals surface area contributed by atoms with Crippen molar-refractivity contribution >= 4 is 16.9 Å². The van der Waals surface area contributed by atoms with Crippen LogP contribution < -0.4 is 11.1 Å². The Bertz CT molecular complexity index is 509. The highest BCUT2D eigenvalue weighted by molar-refractivity contribution is 8.12. The number of thioether (sulfide) groups is 1. The van der Waals surface area contributed by atoms with Gasteiger partial charge in [-0.25, -0.2) is 0 Å². The first-order chi connectivity index (χ1) is 8.27. The minimum atomic E-state index is 0.410. The molecular formula is C14H15N2S+. The highest BCUT2D eigenvalue weighted by Gasteiger charge is 2.06. The minimum Gasteiger partial charge on any atom is -0.282 e. The van der Waals surface area contributed by atoms with Gasteiger partial charge in [-0.1, -0.05) is 54.6 Å². The summed E-state index contributed by atoms with van der Waals surface area (Å²) in [6.07, 6.45) is 0. The topological polar surface area (TPSA) is 51.6 Å². The molecule has 86 valence electrons. The van der Waals surface area contributed by atoms with Gasteiger partial charge in [0.05, 0.1) is 0 Å². The fraction of sp³-hybridized carbons (Fsp3) is 0.0714. The average Bonchev–Trinajstić information content (AvgIpc) is 2.38. The van der Waals surface area contributed by atoms with Crippen LogP contribution in [0.3, 0.4) is 0 Å². The second kappa shape index (κ2) is 5.55. The standard InChI is InChI=1S/C14H14N2S/c15-14(16)17-10-12-8-4-5-9-13(12)11-6-2-1-3-7-11/h1-9H,10H2,(H3,15,16)/p+1. The lowest BCUT2D eigenvalue weighted by atomic mass is 10.0. The summed E-state index contributed by atoms with van der Waals surface area (Å²) < 4.78 is 0. The fourth-order valence-electron chi connectivity index (χ4n) is 1.71. The van der Waals surface area contributed by atoms with E-state index >= 15 is 0 Å². The molecule has 0 amide bonds. The number of nitrogens with two attached hydrogens (primary N) is 2. The van der Waals surface area contributed by atoms with Gasteiger partial charge < -0.3 is 0 Å². The Morgan fingerprint density at radius 2 is 1.65 bits per heavy atom. The first-order valence-electron chi connectivity index (χ1n) is 5.41. The molecule has 0 aromatic heterocycles. The van der Waals surface area contributed by atoms with Gasteiger partial charge in [0, 0.05) is 5.75 Å². The first-order valence-corrected chi connectivity index (χ1v) is 6.40. The molecule has 2 aromatic rings. The molecule has 0 spiro atoms. The molecule has 0 unspecified atom stereocenters. The van der Waals surface area contributed by atoms with E-state index in [2.05, 4.69) is 24.3 Å². The van der Waals surface area contributed by atoms with Gasteiger partial charge in [-0.15, -0.1) is 0 Å². The van der Waals surface area contributed by atoms with E-state index in [0.29, 0.717) is 5.17 Å². The maximum absolute atomic E-state index is 5.49. The van der Waals surface area contributed by atoms with Gasteiger partial charge in [-0.05, 0) is 28.5 Å². The summed E-state index contributed by atoms with van der Waals surface area (Å²) in [5.41, 5.74) is 9.19. The Hall–Kier alpha value is -1.74. The third kappa shape index (κ3) is 3.11. The van der Waals surface area contributed by atoms with Crippen LogP contribution in [-0.4, -0.2) is 5.17 Å². The highest BCUT2D eigenvalue weighted by Crippen LogP contribution is 2.26. The number of benzene rings is 2. The molecule has 2 nitrogen and oxygen atoms in total. The molecule has 17 heavy (non-hydrogen) atoms. The molecule has 2 rings (SSSR count). The van der Waals surface area contributed by atoms with Crippen molar-refractivity contribution in [1.29, 1.82) is 0 Å². The third-order valence-corrected chi connectivity index (χ3v) is 3.29. The van der Waals surface area contributed by atoms with Gasteiger partial charge in [-0.2, -0.15) is 0 Å². The Balaban J connectivity index is 2.31. The van der Waals surface area contributed by atoms with Crippen molar-refractivity contribution in [1.82, 2.24) is 0 Å². The molecule has 0 radical (unpaired) electrons. The lowest BCUT2D eigenvalue weighted by Gasteiger charge is -2.08. The second-order valence-electron chi connectivity index (χ2n) is 3.71. The van der Waals surface area contributed by atoms with E-state index in [-0.39, 0.29) is 0 Å². The molecule has 0 fully saturated rings. The van der Waals surface area contributed by atoms with Crippen LogP contribution in [0.2, 0.25) is 0 Å². The molecular weight excluding hydrogens is 228 g/mol. The first kappa shape index (κ1) is 11.7. The van der Waals surface area contributed by atoms with Crippen molar-refractivity contribution in [3.63, 3.8) is 0 Å². The van der Waals surface area contributed by atoms with Gasteiger partial charge in [0.25, 0.3) is 5.17 Å². The molecule has 4 N–H and O–H groups in total. The Kier molecular flexibility index (Phi) is 3.83. The predicted molar refractivity (Wildman–Crippen MR) is 74.3 cm³/mol. The van der Waals surface area contributed by atoms with Crippen LogP contribution in [-0.2, 0) is 5.75 Å². The molecule has 0 bridgehead atoms. The van der Waals surface area contributed by atoms with Crippen molar-refractivity contribution in [3.05, 3.63) is 60.2 Å². The Morgan fingerprint density at radius 3 is 2.35 bits per heavy atom. The predicted octanol–water partition coefficient (Wildman–Crippen LogP) is 1.66. The van der Waals surface area contributed by atoms with Crippen LogP contribution in [0.1, 0.15) is 5.56 Å². The van der Waals surface area contributed by atoms with Crippen LogP contribution in [0.25, 0.3) is 11.1 Å². The molecule has 0 aliphatic carbocycles. The van der Waals surface area contributed by atoms with E-state index in [0.717, 1.165) is 5.75 Å². The third-order valence-electron chi connectivity index (χ3n) is 2.50. The largest absolute Gasteiger partial charge is 0.300 e. The van der Waals surface area contributed by atoms with Gasteiger partial charge in [0.15, 0.2) is 0 Å². The number of hydrogen-bond acceptors (Lipinski definition) is 1.